The van der Waals surface area contributed by atoms with Gasteiger partial charge in [0.25, 0.3) is 0 Å². The van der Waals surface area contributed by atoms with Crippen molar-refractivity contribution in [2.45, 2.75) is 20.0 Å². The SMILES string of the molecule is Cc1ccc(OC[C@H](C)O)c(Cl)c1. The number of aliphatic hydroxyl groups excluding tert-OH is 1. The van der Waals surface area contributed by atoms with Crippen molar-refractivity contribution in [3.05, 3.63) is 28.8 Å². The van der Waals surface area contributed by atoms with Gasteiger partial charge in [-0.15, -0.1) is 0 Å². The highest BCUT2D eigenvalue weighted by molar-refractivity contribution is 6.32. The lowest BCUT2D eigenvalue weighted by molar-refractivity contribution is 0.123. The molecule has 1 N–H and O–H groups in total. The minimum atomic E-state index is -0.475. The lowest BCUT2D eigenvalue weighted by atomic mass is 10.2. The second-order valence-corrected chi connectivity index (χ2v) is 3.50. The van der Waals surface area contributed by atoms with E-state index in [9.17, 15) is 0 Å². The van der Waals surface area contributed by atoms with Crippen molar-refractivity contribution in [3.8, 4) is 5.75 Å². The molecule has 0 bridgehead atoms. The normalized spacial score (nSPS) is 12.6. The summed E-state index contributed by atoms with van der Waals surface area (Å²) in [5.41, 5.74) is 1.09. The Kier molecular flexibility index (Phi) is 3.58. The third-order valence-electron chi connectivity index (χ3n) is 1.57. The molecule has 0 aliphatic rings. The molecule has 3 heteroatoms. The Bertz CT molecular complexity index is 284. The van der Waals surface area contributed by atoms with E-state index in [1.54, 1.807) is 13.0 Å². The van der Waals surface area contributed by atoms with E-state index in [4.69, 9.17) is 21.4 Å². The van der Waals surface area contributed by atoms with Gasteiger partial charge in [-0.1, -0.05) is 17.7 Å². The fourth-order valence-electron chi connectivity index (χ4n) is 0.933. The van der Waals surface area contributed by atoms with E-state index >= 15 is 0 Å². The molecule has 1 rings (SSSR count). The van der Waals surface area contributed by atoms with Crippen LogP contribution in [0.15, 0.2) is 18.2 Å². The Balaban J connectivity index is 2.67. The Morgan fingerprint density at radius 3 is 2.77 bits per heavy atom. The first-order valence-electron chi connectivity index (χ1n) is 4.16. The number of ether oxygens (including phenoxy) is 1. The summed E-state index contributed by atoms with van der Waals surface area (Å²) in [4.78, 5) is 0. The molecule has 0 unspecified atom stereocenters. The number of hydrogen-bond acceptors (Lipinski definition) is 2. The summed E-state index contributed by atoms with van der Waals surface area (Å²) < 4.78 is 5.27. The molecule has 1 aromatic carbocycles. The fourth-order valence-corrected chi connectivity index (χ4v) is 1.22. The monoisotopic (exact) mass is 200 g/mol. The number of rotatable bonds is 3. The zero-order chi connectivity index (χ0) is 9.84. The van der Waals surface area contributed by atoms with Crippen LogP contribution < -0.4 is 4.74 Å². The van der Waals surface area contributed by atoms with Crippen LogP contribution in [-0.2, 0) is 0 Å². The average Bonchev–Trinajstić information content (AvgIpc) is 2.02. The van der Waals surface area contributed by atoms with Gasteiger partial charge in [0.1, 0.15) is 12.4 Å². The molecule has 0 amide bonds. The summed E-state index contributed by atoms with van der Waals surface area (Å²) >= 11 is 5.91. The van der Waals surface area contributed by atoms with E-state index in [-0.39, 0.29) is 6.61 Å². The third-order valence-corrected chi connectivity index (χ3v) is 1.86. The molecule has 0 fully saturated rings. The minimum Gasteiger partial charge on any atom is -0.489 e. The molecule has 0 radical (unpaired) electrons. The highest BCUT2D eigenvalue weighted by Gasteiger charge is 2.02. The van der Waals surface area contributed by atoms with Crippen LogP contribution in [-0.4, -0.2) is 17.8 Å². The van der Waals surface area contributed by atoms with Gasteiger partial charge in [-0.25, -0.2) is 0 Å². The van der Waals surface area contributed by atoms with Crippen LogP contribution in [0.1, 0.15) is 12.5 Å². The predicted molar refractivity (Wildman–Crippen MR) is 53.4 cm³/mol. The second kappa shape index (κ2) is 4.49. The maximum atomic E-state index is 8.99. The topological polar surface area (TPSA) is 29.5 Å². The van der Waals surface area contributed by atoms with Crippen LogP contribution >= 0.6 is 11.6 Å². The van der Waals surface area contributed by atoms with Crippen molar-refractivity contribution in [2.75, 3.05) is 6.61 Å². The van der Waals surface area contributed by atoms with Crippen LogP contribution in [0.3, 0.4) is 0 Å². The Morgan fingerprint density at radius 1 is 1.54 bits per heavy atom. The molecule has 1 atom stereocenters. The standard InChI is InChI=1S/C10H13ClO2/c1-7-3-4-10(9(11)5-7)13-6-8(2)12/h3-5,8,12H,6H2,1-2H3/t8-/m0/s1. The predicted octanol–water partition coefficient (Wildman–Crippen LogP) is 2.41. The Morgan fingerprint density at radius 2 is 2.23 bits per heavy atom. The van der Waals surface area contributed by atoms with Crippen LogP contribution in [0.4, 0.5) is 0 Å². The molecular formula is C10H13ClO2. The first-order valence-corrected chi connectivity index (χ1v) is 4.54. The van der Waals surface area contributed by atoms with Crippen molar-refractivity contribution in [1.29, 1.82) is 0 Å². The smallest absolute Gasteiger partial charge is 0.138 e. The van der Waals surface area contributed by atoms with Crippen LogP contribution in [0.2, 0.25) is 5.02 Å². The third kappa shape index (κ3) is 3.25. The number of aryl methyl sites for hydroxylation is 1. The first-order chi connectivity index (χ1) is 6.09. The van der Waals surface area contributed by atoms with Crippen molar-refractivity contribution in [3.63, 3.8) is 0 Å². The van der Waals surface area contributed by atoms with Crippen molar-refractivity contribution >= 4 is 11.6 Å². The van der Waals surface area contributed by atoms with Gasteiger partial charge in [0.15, 0.2) is 0 Å². The maximum Gasteiger partial charge on any atom is 0.138 e. The molecule has 0 aromatic heterocycles. The average molecular weight is 201 g/mol. The largest absolute Gasteiger partial charge is 0.489 e. The van der Waals surface area contributed by atoms with Gasteiger partial charge in [0.2, 0.25) is 0 Å². The zero-order valence-electron chi connectivity index (χ0n) is 7.75. The highest BCUT2D eigenvalue weighted by atomic mass is 35.5. The molecule has 1 aromatic rings. The molecule has 2 nitrogen and oxygen atoms in total. The van der Waals surface area contributed by atoms with Crippen LogP contribution in [0.5, 0.6) is 5.75 Å². The summed E-state index contributed by atoms with van der Waals surface area (Å²) in [5.74, 6) is 0.619. The van der Waals surface area contributed by atoms with Crippen LogP contribution in [0.25, 0.3) is 0 Å². The number of benzene rings is 1. The number of aliphatic hydroxyl groups is 1. The quantitative estimate of drug-likeness (QED) is 0.812. The van der Waals surface area contributed by atoms with E-state index < -0.39 is 6.10 Å². The van der Waals surface area contributed by atoms with E-state index in [2.05, 4.69) is 0 Å². The molecule has 0 aliphatic heterocycles. The minimum absolute atomic E-state index is 0.267. The Hall–Kier alpha value is -0.730. The van der Waals surface area contributed by atoms with Crippen molar-refractivity contribution < 1.29 is 9.84 Å². The van der Waals surface area contributed by atoms with Gasteiger partial charge < -0.3 is 9.84 Å². The van der Waals surface area contributed by atoms with Gasteiger partial charge in [-0.2, -0.15) is 0 Å². The number of hydrogen-bond donors (Lipinski definition) is 1. The van der Waals surface area contributed by atoms with E-state index in [0.29, 0.717) is 10.8 Å². The molecule has 0 saturated carbocycles. The lowest BCUT2D eigenvalue weighted by Crippen LogP contribution is -2.12. The molecule has 13 heavy (non-hydrogen) atoms. The summed E-state index contributed by atoms with van der Waals surface area (Å²) in [7, 11) is 0. The molecule has 72 valence electrons. The first kappa shape index (κ1) is 10.4. The zero-order valence-corrected chi connectivity index (χ0v) is 8.51. The summed E-state index contributed by atoms with van der Waals surface area (Å²) in [5, 5.41) is 9.58. The second-order valence-electron chi connectivity index (χ2n) is 3.09. The van der Waals surface area contributed by atoms with E-state index in [1.165, 1.54) is 0 Å². The molecule has 0 heterocycles. The molecular weight excluding hydrogens is 188 g/mol. The maximum absolute atomic E-state index is 8.99. The van der Waals surface area contributed by atoms with Gasteiger partial charge in [-0.3, -0.25) is 0 Å². The van der Waals surface area contributed by atoms with E-state index in [1.807, 2.05) is 19.1 Å². The van der Waals surface area contributed by atoms with Gasteiger partial charge in [0.05, 0.1) is 11.1 Å². The highest BCUT2D eigenvalue weighted by Crippen LogP contribution is 2.25. The summed E-state index contributed by atoms with van der Waals surface area (Å²) in [6.07, 6.45) is -0.475. The fraction of sp³-hybridized carbons (Fsp3) is 0.400. The van der Waals surface area contributed by atoms with Gasteiger partial charge >= 0.3 is 0 Å². The van der Waals surface area contributed by atoms with Crippen molar-refractivity contribution in [1.82, 2.24) is 0 Å². The summed E-state index contributed by atoms with van der Waals surface area (Å²) in [6.45, 7) is 3.90. The molecule has 0 aliphatic carbocycles. The van der Waals surface area contributed by atoms with Gasteiger partial charge in [-0.05, 0) is 31.5 Å². The lowest BCUT2D eigenvalue weighted by Gasteiger charge is -2.09. The number of halogens is 1. The van der Waals surface area contributed by atoms with Crippen molar-refractivity contribution in [2.24, 2.45) is 0 Å². The van der Waals surface area contributed by atoms with E-state index in [0.717, 1.165) is 5.56 Å². The van der Waals surface area contributed by atoms with Gasteiger partial charge in [0, 0.05) is 0 Å². The Labute approximate surface area is 83.1 Å². The van der Waals surface area contributed by atoms with Crippen LogP contribution in [0, 0.1) is 6.92 Å². The molecule has 0 spiro atoms. The molecule has 0 saturated heterocycles. The summed E-state index contributed by atoms with van der Waals surface area (Å²) in [6, 6.07) is 5.56.